The van der Waals surface area contributed by atoms with Crippen LogP contribution in [-0.4, -0.2) is 21.3 Å². The van der Waals surface area contributed by atoms with Gasteiger partial charge in [-0.3, -0.25) is 0 Å². The normalized spacial score (nSPS) is 17.1. The van der Waals surface area contributed by atoms with Crippen LogP contribution >= 0.6 is 0 Å². The van der Waals surface area contributed by atoms with Crippen molar-refractivity contribution in [2.75, 3.05) is 6.61 Å². The molecule has 3 rings (SSSR count). The molecule has 1 aromatic carbocycles. The topological polar surface area (TPSA) is 56.5 Å². The van der Waals surface area contributed by atoms with Crippen LogP contribution in [0.4, 0.5) is 0 Å². The van der Waals surface area contributed by atoms with E-state index in [2.05, 4.69) is 11.9 Å². The van der Waals surface area contributed by atoms with Gasteiger partial charge in [-0.2, -0.15) is 0 Å². The van der Waals surface area contributed by atoms with Gasteiger partial charge in [-0.15, -0.1) is 0 Å². The third-order valence-electron chi connectivity index (χ3n) is 3.25. The Kier molecular flexibility index (Phi) is 3.13. The second-order valence-electron chi connectivity index (χ2n) is 4.44. The summed E-state index contributed by atoms with van der Waals surface area (Å²) in [5, 5.41) is 9.64. The van der Waals surface area contributed by atoms with Crippen molar-refractivity contribution in [1.82, 2.24) is 9.55 Å². The van der Waals surface area contributed by atoms with Gasteiger partial charge in [-0.1, -0.05) is 0 Å². The molecule has 0 saturated carbocycles. The maximum absolute atomic E-state index is 9.64. The molecule has 1 aromatic heterocycles. The van der Waals surface area contributed by atoms with Crippen molar-refractivity contribution in [3.8, 4) is 11.5 Å². The van der Waals surface area contributed by atoms with Crippen LogP contribution in [-0.2, 0) is 13.2 Å². The van der Waals surface area contributed by atoms with Crippen LogP contribution in [0.1, 0.15) is 24.4 Å². The van der Waals surface area contributed by atoms with Gasteiger partial charge in [0.2, 0.25) is 0 Å². The van der Waals surface area contributed by atoms with Gasteiger partial charge in [-0.05, 0) is 19.1 Å². The molecule has 0 amide bonds. The molecule has 0 bridgehead atoms. The standard InChI is InChI=1S/C14H16N2O3/c1-2-16-6-5-15-14(16)9-18-10-3-4-11-12(17)8-19-13(11)7-10/h3-7,12,17H,2,8-9H2,1H3. The Labute approximate surface area is 111 Å². The maximum Gasteiger partial charge on any atom is 0.146 e. The van der Waals surface area contributed by atoms with Crippen molar-refractivity contribution in [2.24, 2.45) is 0 Å². The average molecular weight is 260 g/mol. The summed E-state index contributed by atoms with van der Waals surface area (Å²) in [4.78, 5) is 4.25. The minimum atomic E-state index is -0.525. The maximum atomic E-state index is 9.64. The van der Waals surface area contributed by atoms with Gasteiger partial charge in [0.05, 0.1) is 0 Å². The number of rotatable bonds is 4. The Morgan fingerprint density at radius 2 is 2.42 bits per heavy atom. The molecular weight excluding hydrogens is 244 g/mol. The van der Waals surface area contributed by atoms with Gasteiger partial charge in [-0.25, -0.2) is 4.98 Å². The highest BCUT2D eigenvalue weighted by Gasteiger charge is 2.22. The van der Waals surface area contributed by atoms with E-state index in [9.17, 15) is 5.11 Å². The lowest BCUT2D eigenvalue weighted by Crippen LogP contribution is -2.05. The summed E-state index contributed by atoms with van der Waals surface area (Å²) in [7, 11) is 0. The van der Waals surface area contributed by atoms with Crippen molar-refractivity contribution in [1.29, 1.82) is 0 Å². The number of hydrogen-bond acceptors (Lipinski definition) is 4. The number of nitrogens with zero attached hydrogens (tertiary/aromatic N) is 2. The molecule has 0 spiro atoms. The Hall–Kier alpha value is -2.01. The third kappa shape index (κ3) is 2.29. The van der Waals surface area contributed by atoms with Gasteiger partial charge < -0.3 is 19.1 Å². The van der Waals surface area contributed by atoms with Crippen LogP contribution in [0.3, 0.4) is 0 Å². The number of fused-ring (bicyclic) bond motifs is 1. The monoisotopic (exact) mass is 260 g/mol. The molecule has 19 heavy (non-hydrogen) atoms. The van der Waals surface area contributed by atoms with E-state index < -0.39 is 6.10 Å². The molecule has 5 heteroatoms. The van der Waals surface area contributed by atoms with E-state index in [1.165, 1.54) is 0 Å². The van der Waals surface area contributed by atoms with Gasteiger partial charge in [0.25, 0.3) is 0 Å². The third-order valence-corrected chi connectivity index (χ3v) is 3.25. The first-order chi connectivity index (χ1) is 9.28. The smallest absolute Gasteiger partial charge is 0.146 e. The van der Waals surface area contributed by atoms with E-state index in [4.69, 9.17) is 9.47 Å². The molecule has 2 aromatic rings. The molecule has 0 aliphatic carbocycles. The van der Waals surface area contributed by atoms with Crippen molar-refractivity contribution in [3.05, 3.63) is 42.0 Å². The van der Waals surface area contributed by atoms with E-state index in [0.717, 1.165) is 23.7 Å². The summed E-state index contributed by atoms with van der Waals surface area (Å²) < 4.78 is 13.1. The molecule has 1 aliphatic rings. The predicted octanol–water partition coefficient (Wildman–Crippen LogP) is 1.91. The summed E-state index contributed by atoms with van der Waals surface area (Å²) in [6, 6.07) is 5.50. The fourth-order valence-electron chi connectivity index (χ4n) is 2.18. The second-order valence-corrected chi connectivity index (χ2v) is 4.44. The fourth-order valence-corrected chi connectivity index (χ4v) is 2.18. The molecule has 0 saturated heterocycles. The first-order valence-electron chi connectivity index (χ1n) is 6.35. The minimum absolute atomic E-state index is 0.318. The highest BCUT2D eigenvalue weighted by molar-refractivity contribution is 5.44. The highest BCUT2D eigenvalue weighted by atomic mass is 16.5. The number of aromatic nitrogens is 2. The van der Waals surface area contributed by atoms with E-state index in [0.29, 0.717) is 19.0 Å². The van der Waals surface area contributed by atoms with Crippen molar-refractivity contribution in [3.63, 3.8) is 0 Å². The summed E-state index contributed by atoms with van der Waals surface area (Å²) in [6.45, 7) is 3.68. The number of imidazole rings is 1. The van der Waals surface area contributed by atoms with Gasteiger partial charge in [0, 0.05) is 30.6 Å². The fraction of sp³-hybridized carbons (Fsp3) is 0.357. The Balaban J connectivity index is 1.71. The van der Waals surface area contributed by atoms with Crippen molar-refractivity contribution >= 4 is 0 Å². The van der Waals surface area contributed by atoms with E-state index in [1.54, 1.807) is 6.20 Å². The quantitative estimate of drug-likeness (QED) is 0.912. The minimum Gasteiger partial charge on any atom is -0.490 e. The van der Waals surface area contributed by atoms with E-state index in [1.807, 2.05) is 29.0 Å². The lowest BCUT2D eigenvalue weighted by atomic mass is 10.1. The predicted molar refractivity (Wildman–Crippen MR) is 69.1 cm³/mol. The van der Waals surface area contributed by atoms with Gasteiger partial charge in [0.1, 0.15) is 36.6 Å². The molecular formula is C14H16N2O3. The number of aliphatic hydroxyl groups excluding tert-OH is 1. The number of aliphatic hydroxyl groups is 1. The summed E-state index contributed by atoms with van der Waals surface area (Å²) in [5.41, 5.74) is 0.822. The van der Waals surface area contributed by atoms with E-state index >= 15 is 0 Å². The lowest BCUT2D eigenvalue weighted by molar-refractivity contribution is 0.140. The molecule has 100 valence electrons. The van der Waals surface area contributed by atoms with Gasteiger partial charge >= 0.3 is 0 Å². The van der Waals surface area contributed by atoms with Crippen LogP contribution in [0.15, 0.2) is 30.6 Å². The number of hydrogen-bond donors (Lipinski definition) is 1. The zero-order valence-electron chi connectivity index (χ0n) is 10.7. The molecule has 5 nitrogen and oxygen atoms in total. The molecule has 1 unspecified atom stereocenters. The summed E-state index contributed by atoms with van der Waals surface area (Å²) >= 11 is 0. The summed E-state index contributed by atoms with van der Waals surface area (Å²) in [5.74, 6) is 2.31. The molecule has 1 atom stereocenters. The Morgan fingerprint density at radius 3 is 3.26 bits per heavy atom. The van der Waals surface area contributed by atoms with Crippen LogP contribution in [0.2, 0.25) is 0 Å². The molecule has 2 heterocycles. The highest BCUT2D eigenvalue weighted by Crippen LogP contribution is 2.35. The first-order valence-corrected chi connectivity index (χ1v) is 6.35. The number of benzene rings is 1. The first kappa shape index (κ1) is 12.0. The Bertz CT molecular complexity index is 580. The number of ether oxygens (including phenoxy) is 2. The Morgan fingerprint density at radius 1 is 1.53 bits per heavy atom. The summed E-state index contributed by atoms with van der Waals surface area (Å²) in [6.07, 6.45) is 3.17. The van der Waals surface area contributed by atoms with E-state index in [-0.39, 0.29) is 0 Å². The van der Waals surface area contributed by atoms with Crippen LogP contribution < -0.4 is 9.47 Å². The van der Waals surface area contributed by atoms with Crippen LogP contribution in [0, 0.1) is 0 Å². The largest absolute Gasteiger partial charge is 0.490 e. The molecule has 0 radical (unpaired) electrons. The molecule has 0 fully saturated rings. The zero-order valence-corrected chi connectivity index (χ0v) is 10.7. The molecule has 1 N–H and O–H groups in total. The lowest BCUT2D eigenvalue weighted by Gasteiger charge is -2.09. The second kappa shape index (κ2) is 4.93. The van der Waals surface area contributed by atoms with Crippen LogP contribution in [0.5, 0.6) is 11.5 Å². The van der Waals surface area contributed by atoms with Crippen molar-refractivity contribution in [2.45, 2.75) is 26.2 Å². The van der Waals surface area contributed by atoms with Crippen LogP contribution in [0.25, 0.3) is 0 Å². The zero-order chi connectivity index (χ0) is 13.2. The SMILES string of the molecule is CCn1ccnc1COc1ccc2c(c1)OCC2O. The number of aryl methyl sites for hydroxylation is 1. The van der Waals surface area contributed by atoms with Crippen molar-refractivity contribution < 1.29 is 14.6 Å². The molecule has 1 aliphatic heterocycles. The average Bonchev–Trinajstić information content (AvgIpc) is 3.03. The van der Waals surface area contributed by atoms with Gasteiger partial charge in [0.15, 0.2) is 0 Å².